The fourth-order valence-electron chi connectivity index (χ4n) is 1.79. The Morgan fingerprint density at radius 1 is 1.06 bits per heavy atom. The van der Waals surface area contributed by atoms with E-state index in [1.165, 1.54) is 0 Å². The Balaban J connectivity index is 2.19. The highest BCUT2D eigenvalue weighted by molar-refractivity contribution is 6.35. The molecule has 5 heteroatoms. The zero-order valence-corrected chi connectivity index (χ0v) is 11.1. The van der Waals surface area contributed by atoms with Crippen LogP contribution in [0.25, 0.3) is 17.0 Å². The van der Waals surface area contributed by atoms with Crippen LogP contribution in [0, 0.1) is 6.92 Å². The molecule has 3 nitrogen and oxygen atoms in total. The summed E-state index contributed by atoms with van der Waals surface area (Å²) in [6.07, 6.45) is 1.88. The lowest BCUT2D eigenvalue weighted by molar-refractivity contribution is 0.962. The summed E-state index contributed by atoms with van der Waals surface area (Å²) in [5.74, 6) is 0.616. The van der Waals surface area contributed by atoms with Crippen molar-refractivity contribution in [3.63, 3.8) is 0 Å². The number of benzene rings is 1. The number of fused-ring (bicyclic) bond motifs is 1. The summed E-state index contributed by atoms with van der Waals surface area (Å²) in [5, 5.41) is 5.55. The van der Waals surface area contributed by atoms with Crippen molar-refractivity contribution in [2.45, 2.75) is 6.92 Å². The molecule has 0 aliphatic heterocycles. The van der Waals surface area contributed by atoms with Crippen molar-refractivity contribution in [3.05, 3.63) is 52.1 Å². The van der Waals surface area contributed by atoms with Gasteiger partial charge in [-0.3, -0.25) is 0 Å². The maximum atomic E-state index is 5.98. The molecule has 0 saturated carbocycles. The topological polar surface area (TPSA) is 30.2 Å². The minimum atomic E-state index is 0.576. The smallest absolute Gasteiger partial charge is 0.182 e. The maximum absolute atomic E-state index is 5.98. The largest absolute Gasteiger partial charge is 0.221 e. The molecule has 18 heavy (non-hydrogen) atoms. The van der Waals surface area contributed by atoms with E-state index in [1.807, 2.05) is 25.3 Å². The standard InChI is InChI=1S/C13H9Cl2N3/c1-8-2-3-18-12(4-8)16-13(17-18)9-5-10(14)7-11(15)6-9/h2-7H,1H3. The maximum Gasteiger partial charge on any atom is 0.182 e. The fourth-order valence-corrected chi connectivity index (χ4v) is 2.31. The molecule has 0 aliphatic carbocycles. The summed E-state index contributed by atoms with van der Waals surface area (Å²) in [5.41, 5.74) is 2.76. The van der Waals surface area contributed by atoms with Crippen molar-refractivity contribution in [2.75, 3.05) is 0 Å². The first kappa shape index (κ1) is 11.5. The minimum absolute atomic E-state index is 0.576. The van der Waals surface area contributed by atoms with Gasteiger partial charge in [-0.05, 0) is 42.8 Å². The molecule has 0 saturated heterocycles. The number of aryl methyl sites for hydroxylation is 1. The lowest BCUT2D eigenvalue weighted by Crippen LogP contribution is -1.86. The molecular formula is C13H9Cl2N3. The summed E-state index contributed by atoms with van der Waals surface area (Å²) in [4.78, 5) is 4.46. The number of hydrogen-bond acceptors (Lipinski definition) is 2. The van der Waals surface area contributed by atoms with Gasteiger partial charge in [0.1, 0.15) is 0 Å². The van der Waals surface area contributed by atoms with Crippen LogP contribution >= 0.6 is 23.2 Å². The predicted octanol–water partition coefficient (Wildman–Crippen LogP) is 4.01. The van der Waals surface area contributed by atoms with E-state index in [0.717, 1.165) is 16.8 Å². The molecule has 0 bridgehead atoms. The quantitative estimate of drug-likeness (QED) is 0.673. The van der Waals surface area contributed by atoms with E-state index in [0.29, 0.717) is 15.9 Å². The second kappa shape index (κ2) is 4.26. The first-order chi connectivity index (χ1) is 8.61. The number of hydrogen-bond donors (Lipinski definition) is 0. The molecule has 0 N–H and O–H groups in total. The van der Waals surface area contributed by atoms with E-state index in [4.69, 9.17) is 23.2 Å². The van der Waals surface area contributed by atoms with Gasteiger partial charge in [0.15, 0.2) is 11.5 Å². The van der Waals surface area contributed by atoms with Gasteiger partial charge in [-0.1, -0.05) is 23.2 Å². The van der Waals surface area contributed by atoms with Crippen LogP contribution in [0.15, 0.2) is 36.5 Å². The molecule has 2 heterocycles. The van der Waals surface area contributed by atoms with Gasteiger partial charge in [0.05, 0.1) is 0 Å². The lowest BCUT2D eigenvalue weighted by atomic mass is 10.2. The molecule has 3 aromatic rings. The molecule has 90 valence electrons. The molecule has 0 aliphatic rings. The highest BCUT2D eigenvalue weighted by Crippen LogP contribution is 2.25. The molecule has 0 spiro atoms. The summed E-state index contributed by atoms with van der Waals surface area (Å²) >= 11 is 12.0. The molecule has 0 amide bonds. The fraction of sp³-hybridized carbons (Fsp3) is 0.0769. The molecule has 3 rings (SSSR count). The number of pyridine rings is 1. The monoisotopic (exact) mass is 277 g/mol. The Hall–Kier alpha value is -1.58. The Morgan fingerprint density at radius 3 is 2.50 bits per heavy atom. The number of rotatable bonds is 1. The molecule has 0 unspecified atom stereocenters. The Bertz CT molecular complexity index is 714. The Labute approximate surface area is 114 Å². The van der Waals surface area contributed by atoms with Crippen LogP contribution in [0.1, 0.15) is 5.56 Å². The van der Waals surface area contributed by atoms with Gasteiger partial charge in [-0.25, -0.2) is 9.50 Å². The summed E-state index contributed by atoms with van der Waals surface area (Å²) in [7, 11) is 0. The van der Waals surface area contributed by atoms with Crippen molar-refractivity contribution >= 4 is 28.8 Å². The van der Waals surface area contributed by atoms with Crippen molar-refractivity contribution in [1.82, 2.24) is 14.6 Å². The first-order valence-corrected chi connectivity index (χ1v) is 6.17. The first-order valence-electron chi connectivity index (χ1n) is 5.41. The zero-order chi connectivity index (χ0) is 12.7. The van der Waals surface area contributed by atoms with Gasteiger partial charge in [0.2, 0.25) is 0 Å². The molecule has 1 aromatic carbocycles. The van der Waals surface area contributed by atoms with Gasteiger partial charge in [-0.2, -0.15) is 0 Å². The van der Waals surface area contributed by atoms with Crippen LogP contribution in [0.5, 0.6) is 0 Å². The van der Waals surface area contributed by atoms with E-state index in [2.05, 4.69) is 10.1 Å². The number of nitrogens with zero attached hydrogens (tertiary/aromatic N) is 3. The third-order valence-corrected chi connectivity index (χ3v) is 3.05. The number of halogens is 2. The molecule has 0 atom stereocenters. The van der Waals surface area contributed by atoms with Crippen molar-refractivity contribution < 1.29 is 0 Å². The second-order valence-electron chi connectivity index (χ2n) is 4.10. The highest BCUT2D eigenvalue weighted by atomic mass is 35.5. The average molecular weight is 278 g/mol. The third kappa shape index (κ3) is 2.07. The van der Waals surface area contributed by atoms with Gasteiger partial charge in [0, 0.05) is 21.8 Å². The predicted molar refractivity (Wildman–Crippen MR) is 73.2 cm³/mol. The van der Waals surface area contributed by atoms with Gasteiger partial charge >= 0.3 is 0 Å². The average Bonchev–Trinajstić information content (AvgIpc) is 2.70. The summed E-state index contributed by atoms with van der Waals surface area (Å²) in [6.45, 7) is 2.02. The van der Waals surface area contributed by atoms with Gasteiger partial charge in [-0.15, -0.1) is 5.10 Å². The van der Waals surface area contributed by atoms with E-state index in [-0.39, 0.29) is 0 Å². The zero-order valence-electron chi connectivity index (χ0n) is 9.56. The normalized spacial score (nSPS) is 11.1. The van der Waals surface area contributed by atoms with Gasteiger partial charge in [0.25, 0.3) is 0 Å². The Morgan fingerprint density at radius 2 is 1.78 bits per heavy atom. The lowest BCUT2D eigenvalue weighted by Gasteiger charge is -1.97. The van der Waals surface area contributed by atoms with E-state index in [1.54, 1.807) is 22.7 Å². The van der Waals surface area contributed by atoms with Gasteiger partial charge < -0.3 is 0 Å². The SMILES string of the molecule is Cc1ccn2nc(-c3cc(Cl)cc(Cl)c3)nc2c1. The molecular weight excluding hydrogens is 269 g/mol. The molecule has 2 aromatic heterocycles. The van der Waals surface area contributed by atoms with E-state index in [9.17, 15) is 0 Å². The summed E-state index contributed by atoms with van der Waals surface area (Å²) in [6, 6.07) is 9.25. The van der Waals surface area contributed by atoms with Crippen molar-refractivity contribution in [3.8, 4) is 11.4 Å². The van der Waals surface area contributed by atoms with Crippen molar-refractivity contribution in [1.29, 1.82) is 0 Å². The van der Waals surface area contributed by atoms with Crippen LogP contribution in [-0.2, 0) is 0 Å². The second-order valence-corrected chi connectivity index (χ2v) is 4.97. The van der Waals surface area contributed by atoms with Crippen molar-refractivity contribution in [2.24, 2.45) is 0 Å². The minimum Gasteiger partial charge on any atom is -0.221 e. The molecule has 0 radical (unpaired) electrons. The highest BCUT2D eigenvalue weighted by Gasteiger charge is 2.08. The Kier molecular flexibility index (Phi) is 2.73. The van der Waals surface area contributed by atoms with Crippen LogP contribution in [0.4, 0.5) is 0 Å². The molecule has 0 fully saturated rings. The third-order valence-electron chi connectivity index (χ3n) is 2.61. The van der Waals surface area contributed by atoms with Crippen LogP contribution < -0.4 is 0 Å². The van der Waals surface area contributed by atoms with Crippen LogP contribution in [0.3, 0.4) is 0 Å². The number of aromatic nitrogens is 3. The van der Waals surface area contributed by atoms with Crippen LogP contribution in [-0.4, -0.2) is 14.6 Å². The van der Waals surface area contributed by atoms with E-state index >= 15 is 0 Å². The van der Waals surface area contributed by atoms with E-state index < -0.39 is 0 Å². The van der Waals surface area contributed by atoms with Crippen LogP contribution in [0.2, 0.25) is 10.0 Å². The summed E-state index contributed by atoms with van der Waals surface area (Å²) < 4.78 is 1.73.